The van der Waals surface area contributed by atoms with Crippen LogP contribution in [0.3, 0.4) is 0 Å². The lowest BCUT2D eigenvalue weighted by atomic mass is 9.96. The highest BCUT2D eigenvalue weighted by atomic mass is 16.3. The number of likely N-dealkylation sites (tertiary alicyclic amines) is 1. The maximum atomic E-state index is 9.65. The van der Waals surface area contributed by atoms with Gasteiger partial charge in [0, 0.05) is 12.6 Å². The van der Waals surface area contributed by atoms with Crippen molar-refractivity contribution >= 4 is 0 Å². The smallest absolute Gasteiger partial charge is 0.0664 e. The highest BCUT2D eigenvalue weighted by molar-refractivity contribution is 4.80. The van der Waals surface area contributed by atoms with Crippen molar-refractivity contribution in [3.8, 4) is 0 Å². The Kier molecular flexibility index (Phi) is 6.45. The van der Waals surface area contributed by atoms with Crippen LogP contribution in [0.2, 0.25) is 0 Å². The lowest BCUT2D eigenvalue weighted by Gasteiger charge is -2.38. The summed E-state index contributed by atoms with van der Waals surface area (Å²) in [6.07, 6.45) is 2.37. The third kappa shape index (κ3) is 5.36. The molecule has 3 nitrogen and oxygen atoms in total. The van der Waals surface area contributed by atoms with Crippen LogP contribution >= 0.6 is 0 Å². The van der Waals surface area contributed by atoms with E-state index < -0.39 is 0 Å². The van der Waals surface area contributed by atoms with Crippen molar-refractivity contribution in [3.05, 3.63) is 0 Å². The van der Waals surface area contributed by atoms with Crippen molar-refractivity contribution in [3.63, 3.8) is 0 Å². The number of nitrogens with one attached hydrogen (secondary N) is 1. The molecule has 1 saturated heterocycles. The van der Waals surface area contributed by atoms with Gasteiger partial charge >= 0.3 is 0 Å². The molecule has 17 heavy (non-hydrogen) atoms. The van der Waals surface area contributed by atoms with Crippen molar-refractivity contribution in [1.82, 2.24) is 10.2 Å². The van der Waals surface area contributed by atoms with Gasteiger partial charge in [0.15, 0.2) is 0 Å². The fourth-order valence-electron chi connectivity index (χ4n) is 2.52. The lowest BCUT2D eigenvalue weighted by Crippen LogP contribution is -2.47. The molecule has 0 saturated carbocycles. The maximum Gasteiger partial charge on any atom is 0.0664 e. The second-order valence-electron chi connectivity index (χ2n) is 6.04. The zero-order valence-corrected chi connectivity index (χ0v) is 11.9. The Morgan fingerprint density at radius 2 is 2.00 bits per heavy atom. The van der Waals surface area contributed by atoms with Crippen LogP contribution in [0.5, 0.6) is 0 Å². The van der Waals surface area contributed by atoms with Crippen LogP contribution in [0, 0.1) is 11.8 Å². The first kappa shape index (κ1) is 14.9. The van der Waals surface area contributed by atoms with Gasteiger partial charge in [-0.25, -0.2) is 0 Å². The van der Waals surface area contributed by atoms with E-state index in [0.29, 0.717) is 6.04 Å². The summed E-state index contributed by atoms with van der Waals surface area (Å²) in [6, 6.07) is 0.294. The fourth-order valence-corrected chi connectivity index (χ4v) is 2.52. The third-order valence-electron chi connectivity index (χ3n) is 3.81. The predicted octanol–water partition coefficient (Wildman–Crippen LogP) is 1.71. The molecule has 0 radical (unpaired) electrons. The summed E-state index contributed by atoms with van der Waals surface area (Å²) in [6.45, 7) is 13.0. The fraction of sp³-hybridized carbons (Fsp3) is 1.00. The van der Waals surface area contributed by atoms with Gasteiger partial charge in [-0.05, 0) is 58.2 Å². The number of piperidine rings is 1. The number of nitrogens with zero attached hydrogens (tertiary/aromatic N) is 1. The molecule has 0 aliphatic carbocycles. The summed E-state index contributed by atoms with van der Waals surface area (Å²) < 4.78 is 0. The van der Waals surface area contributed by atoms with E-state index in [2.05, 4.69) is 31.0 Å². The highest BCUT2D eigenvalue weighted by Gasteiger charge is 2.25. The Hall–Kier alpha value is -0.120. The molecule has 3 unspecified atom stereocenters. The third-order valence-corrected chi connectivity index (χ3v) is 3.81. The molecule has 3 heteroatoms. The van der Waals surface area contributed by atoms with Crippen LogP contribution in [0.15, 0.2) is 0 Å². The Labute approximate surface area is 107 Å². The van der Waals surface area contributed by atoms with Gasteiger partial charge in [-0.3, -0.25) is 4.90 Å². The molecule has 1 fully saturated rings. The molecule has 0 aromatic carbocycles. The summed E-state index contributed by atoms with van der Waals surface area (Å²) in [5.41, 5.74) is 0. The van der Waals surface area contributed by atoms with Crippen LogP contribution < -0.4 is 5.32 Å². The van der Waals surface area contributed by atoms with E-state index >= 15 is 0 Å². The SMILES string of the molecule is CC(C)CNCC1CCCN(C(C)C(C)O)C1. The van der Waals surface area contributed by atoms with E-state index in [0.717, 1.165) is 38.0 Å². The van der Waals surface area contributed by atoms with Crippen LogP contribution in [-0.4, -0.2) is 48.3 Å². The van der Waals surface area contributed by atoms with Crippen LogP contribution in [-0.2, 0) is 0 Å². The van der Waals surface area contributed by atoms with E-state index in [1.165, 1.54) is 12.8 Å². The van der Waals surface area contributed by atoms with Gasteiger partial charge in [0.05, 0.1) is 6.10 Å². The molecule has 1 aliphatic heterocycles. The number of aliphatic hydroxyl groups is 1. The predicted molar refractivity (Wildman–Crippen MR) is 73.1 cm³/mol. The molecule has 1 rings (SSSR count). The Morgan fingerprint density at radius 1 is 1.29 bits per heavy atom. The van der Waals surface area contributed by atoms with Gasteiger partial charge < -0.3 is 10.4 Å². The number of aliphatic hydroxyl groups excluding tert-OH is 1. The molecule has 1 aliphatic rings. The highest BCUT2D eigenvalue weighted by Crippen LogP contribution is 2.19. The summed E-state index contributed by atoms with van der Waals surface area (Å²) in [4.78, 5) is 2.44. The minimum absolute atomic E-state index is 0.225. The first-order valence-corrected chi connectivity index (χ1v) is 7.13. The van der Waals surface area contributed by atoms with Crippen LogP contribution in [0.25, 0.3) is 0 Å². The Bertz CT molecular complexity index is 206. The summed E-state index contributed by atoms with van der Waals surface area (Å²) in [7, 11) is 0. The van der Waals surface area contributed by atoms with Crippen molar-refractivity contribution in [1.29, 1.82) is 0 Å². The normalized spacial score (nSPS) is 26.1. The van der Waals surface area contributed by atoms with Gasteiger partial charge in [-0.15, -0.1) is 0 Å². The Balaban J connectivity index is 2.28. The van der Waals surface area contributed by atoms with Gasteiger partial charge in [0.2, 0.25) is 0 Å². The average molecular weight is 242 g/mol. The van der Waals surface area contributed by atoms with E-state index in [1.807, 2.05) is 6.92 Å². The summed E-state index contributed by atoms with van der Waals surface area (Å²) >= 11 is 0. The maximum absolute atomic E-state index is 9.65. The lowest BCUT2D eigenvalue weighted by molar-refractivity contribution is 0.0432. The van der Waals surface area contributed by atoms with Crippen molar-refractivity contribution in [2.45, 2.75) is 52.7 Å². The first-order valence-electron chi connectivity index (χ1n) is 7.13. The minimum atomic E-state index is -0.225. The van der Waals surface area contributed by atoms with Gasteiger partial charge in [0.25, 0.3) is 0 Å². The molecular weight excluding hydrogens is 212 g/mol. The van der Waals surface area contributed by atoms with Crippen LogP contribution in [0.1, 0.15) is 40.5 Å². The van der Waals surface area contributed by atoms with Gasteiger partial charge in [0.1, 0.15) is 0 Å². The van der Waals surface area contributed by atoms with Gasteiger partial charge in [-0.2, -0.15) is 0 Å². The van der Waals surface area contributed by atoms with Crippen molar-refractivity contribution in [2.75, 3.05) is 26.2 Å². The van der Waals surface area contributed by atoms with E-state index in [4.69, 9.17) is 0 Å². The molecule has 1 heterocycles. The topological polar surface area (TPSA) is 35.5 Å². The molecule has 0 spiro atoms. The van der Waals surface area contributed by atoms with E-state index in [9.17, 15) is 5.11 Å². The zero-order valence-electron chi connectivity index (χ0n) is 11.9. The molecule has 0 bridgehead atoms. The first-order chi connectivity index (χ1) is 8.00. The molecule has 102 valence electrons. The van der Waals surface area contributed by atoms with Gasteiger partial charge in [-0.1, -0.05) is 13.8 Å². The summed E-state index contributed by atoms with van der Waals surface area (Å²) in [5, 5.41) is 13.2. The van der Waals surface area contributed by atoms with Crippen molar-refractivity contribution in [2.24, 2.45) is 11.8 Å². The molecule has 0 aromatic rings. The second-order valence-corrected chi connectivity index (χ2v) is 6.04. The number of hydrogen-bond donors (Lipinski definition) is 2. The molecule has 3 atom stereocenters. The zero-order chi connectivity index (χ0) is 12.8. The Morgan fingerprint density at radius 3 is 2.59 bits per heavy atom. The van der Waals surface area contributed by atoms with Crippen LogP contribution in [0.4, 0.5) is 0 Å². The molecule has 0 amide bonds. The molecular formula is C14H30N2O. The standard InChI is InChI=1S/C14H30N2O/c1-11(2)8-15-9-14-6-5-7-16(10-14)12(3)13(4)17/h11-15,17H,5-10H2,1-4H3. The largest absolute Gasteiger partial charge is 0.392 e. The second kappa shape index (κ2) is 7.34. The molecule has 2 N–H and O–H groups in total. The number of rotatable bonds is 6. The van der Waals surface area contributed by atoms with Crippen molar-refractivity contribution < 1.29 is 5.11 Å². The average Bonchev–Trinajstić information content (AvgIpc) is 2.28. The minimum Gasteiger partial charge on any atom is -0.392 e. The monoisotopic (exact) mass is 242 g/mol. The summed E-state index contributed by atoms with van der Waals surface area (Å²) in [5.74, 6) is 1.48. The number of hydrogen-bond acceptors (Lipinski definition) is 3. The van der Waals surface area contributed by atoms with E-state index in [1.54, 1.807) is 0 Å². The van der Waals surface area contributed by atoms with E-state index in [-0.39, 0.29) is 6.10 Å². The quantitative estimate of drug-likeness (QED) is 0.744. The molecule has 0 aromatic heterocycles.